The van der Waals surface area contributed by atoms with Gasteiger partial charge < -0.3 is 13.7 Å². The summed E-state index contributed by atoms with van der Waals surface area (Å²) in [6.07, 6.45) is 6.15. The molecule has 1 aromatic carbocycles. The number of carbonyl (C=O) groups excluding carboxylic acids is 1. The van der Waals surface area contributed by atoms with Crippen molar-refractivity contribution in [3.63, 3.8) is 0 Å². The predicted octanol–water partition coefficient (Wildman–Crippen LogP) is 4.87. The molecule has 0 radical (unpaired) electrons. The van der Waals surface area contributed by atoms with Crippen LogP contribution in [0.25, 0.3) is 11.3 Å². The van der Waals surface area contributed by atoms with Gasteiger partial charge in [0.25, 0.3) is 0 Å². The standard InChI is InChI=1S/C22H28ClN2O3/c1-15-20(21(24-28-15)17-9-3-4-10-18(17)23)22(26)27-14-16-8-7-13-25(2)12-6-5-11-19(16)25/h3-4,9-10,16,19H,5-8,11-14H2,1-2H3/q+1. The molecule has 2 fully saturated rings. The lowest BCUT2D eigenvalue weighted by molar-refractivity contribution is -0.947. The molecule has 28 heavy (non-hydrogen) atoms. The molecule has 6 heteroatoms. The van der Waals surface area contributed by atoms with Crippen molar-refractivity contribution in [3.8, 4) is 11.3 Å². The van der Waals surface area contributed by atoms with Gasteiger partial charge in [-0.25, -0.2) is 4.79 Å². The number of hydrogen-bond acceptors (Lipinski definition) is 4. The van der Waals surface area contributed by atoms with Crippen LogP contribution in [0.1, 0.15) is 48.2 Å². The Morgan fingerprint density at radius 3 is 2.86 bits per heavy atom. The molecular weight excluding hydrogens is 376 g/mol. The number of aromatic nitrogens is 1. The first kappa shape index (κ1) is 19.5. The van der Waals surface area contributed by atoms with E-state index in [1.54, 1.807) is 13.0 Å². The van der Waals surface area contributed by atoms with Crippen LogP contribution in [0.15, 0.2) is 28.8 Å². The van der Waals surface area contributed by atoms with Crippen LogP contribution in [-0.4, -0.2) is 48.4 Å². The number of esters is 1. The molecule has 0 saturated carbocycles. The van der Waals surface area contributed by atoms with E-state index in [2.05, 4.69) is 12.2 Å². The van der Waals surface area contributed by atoms with Crippen LogP contribution in [0.2, 0.25) is 5.02 Å². The van der Waals surface area contributed by atoms with Gasteiger partial charge in [0.2, 0.25) is 0 Å². The third kappa shape index (κ3) is 3.58. The Morgan fingerprint density at radius 2 is 2.04 bits per heavy atom. The molecule has 3 atom stereocenters. The van der Waals surface area contributed by atoms with Gasteiger partial charge in [0.15, 0.2) is 0 Å². The minimum Gasteiger partial charge on any atom is -0.461 e. The number of piperidine rings is 2. The first-order chi connectivity index (χ1) is 13.5. The monoisotopic (exact) mass is 403 g/mol. The molecule has 2 aliphatic rings. The third-order valence-corrected chi connectivity index (χ3v) is 6.96. The molecule has 0 aliphatic carbocycles. The first-order valence-electron chi connectivity index (χ1n) is 10.2. The molecule has 0 bridgehead atoms. The zero-order valence-electron chi connectivity index (χ0n) is 16.6. The summed E-state index contributed by atoms with van der Waals surface area (Å²) < 4.78 is 12.3. The van der Waals surface area contributed by atoms with Gasteiger partial charge in [-0.2, -0.15) is 0 Å². The second-order valence-electron chi connectivity index (χ2n) is 8.43. The maximum atomic E-state index is 12.9. The second kappa shape index (κ2) is 7.88. The summed E-state index contributed by atoms with van der Waals surface area (Å²) in [5.74, 6) is 0.512. The van der Waals surface area contributed by atoms with Crippen LogP contribution >= 0.6 is 11.6 Å². The van der Waals surface area contributed by atoms with E-state index >= 15 is 0 Å². The van der Waals surface area contributed by atoms with E-state index in [-0.39, 0.29) is 5.97 Å². The third-order valence-electron chi connectivity index (χ3n) is 6.63. The van der Waals surface area contributed by atoms with Crippen molar-refractivity contribution < 1.29 is 18.5 Å². The van der Waals surface area contributed by atoms with E-state index < -0.39 is 0 Å². The fourth-order valence-electron chi connectivity index (χ4n) is 5.13. The number of aryl methyl sites for hydroxylation is 1. The average molecular weight is 404 g/mol. The summed E-state index contributed by atoms with van der Waals surface area (Å²) in [5.41, 5.74) is 1.52. The highest BCUT2D eigenvalue weighted by molar-refractivity contribution is 6.33. The lowest BCUT2D eigenvalue weighted by Crippen LogP contribution is -2.61. The molecule has 4 rings (SSSR count). The van der Waals surface area contributed by atoms with Gasteiger partial charge >= 0.3 is 5.97 Å². The molecule has 3 heterocycles. The lowest BCUT2D eigenvalue weighted by atomic mass is 9.82. The van der Waals surface area contributed by atoms with Crippen molar-refractivity contribution in [3.05, 3.63) is 40.6 Å². The second-order valence-corrected chi connectivity index (χ2v) is 8.84. The highest BCUT2D eigenvalue weighted by Gasteiger charge is 2.44. The molecule has 3 unspecified atom stereocenters. The maximum absolute atomic E-state index is 12.9. The number of ether oxygens (including phenoxy) is 1. The summed E-state index contributed by atoms with van der Waals surface area (Å²) in [4.78, 5) is 12.9. The van der Waals surface area contributed by atoms with Crippen molar-refractivity contribution in [2.45, 2.75) is 45.1 Å². The Balaban J connectivity index is 1.51. The number of fused-ring (bicyclic) bond motifs is 1. The van der Waals surface area contributed by atoms with Gasteiger partial charge in [0, 0.05) is 17.9 Å². The number of hydrogen-bond donors (Lipinski definition) is 0. The van der Waals surface area contributed by atoms with Crippen LogP contribution in [0.5, 0.6) is 0 Å². The number of rotatable bonds is 4. The molecule has 2 aromatic rings. The Labute approximate surface area is 171 Å². The van der Waals surface area contributed by atoms with E-state index in [1.165, 1.54) is 38.8 Å². The minimum absolute atomic E-state index is 0.371. The average Bonchev–Trinajstić information content (AvgIpc) is 3.07. The van der Waals surface area contributed by atoms with Crippen LogP contribution in [0.3, 0.4) is 0 Å². The van der Waals surface area contributed by atoms with Crippen LogP contribution in [0, 0.1) is 12.8 Å². The lowest BCUT2D eigenvalue weighted by Gasteiger charge is -2.51. The molecule has 0 N–H and O–H groups in total. The summed E-state index contributed by atoms with van der Waals surface area (Å²) in [5, 5.41) is 4.61. The van der Waals surface area contributed by atoms with Gasteiger partial charge in [0.1, 0.15) is 23.6 Å². The van der Waals surface area contributed by atoms with Gasteiger partial charge in [-0.15, -0.1) is 0 Å². The topological polar surface area (TPSA) is 52.3 Å². The fourth-order valence-corrected chi connectivity index (χ4v) is 5.36. The highest BCUT2D eigenvalue weighted by Crippen LogP contribution is 2.37. The summed E-state index contributed by atoms with van der Waals surface area (Å²) in [6, 6.07) is 7.92. The van der Waals surface area contributed by atoms with Crippen molar-refractivity contribution in [1.29, 1.82) is 0 Å². The Kier molecular flexibility index (Phi) is 5.48. The fraction of sp³-hybridized carbons (Fsp3) is 0.545. The summed E-state index contributed by atoms with van der Waals surface area (Å²) >= 11 is 6.30. The minimum atomic E-state index is -0.371. The first-order valence-corrected chi connectivity index (χ1v) is 10.6. The van der Waals surface area contributed by atoms with Gasteiger partial charge in [-0.1, -0.05) is 35.0 Å². The molecule has 0 spiro atoms. The molecule has 0 amide bonds. The molecule has 150 valence electrons. The number of nitrogens with zero attached hydrogens (tertiary/aromatic N) is 2. The van der Waals surface area contributed by atoms with E-state index in [0.29, 0.717) is 46.2 Å². The van der Waals surface area contributed by atoms with E-state index in [0.717, 1.165) is 10.9 Å². The summed E-state index contributed by atoms with van der Waals surface area (Å²) in [7, 11) is 2.37. The van der Waals surface area contributed by atoms with E-state index in [4.69, 9.17) is 20.9 Å². The largest absolute Gasteiger partial charge is 0.461 e. The van der Waals surface area contributed by atoms with Crippen LogP contribution in [-0.2, 0) is 4.74 Å². The van der Waals surface area contributed by atoms with E-state index in [1.807, 2.05) is 18.2 Å². The van der Waals surface area contributed by atoms with Crippen molar-refractivity contribution in [1.82, 2.24) is 5.16 Å². The zero-order chi connectivity index (χ0) is 19.7. The smallest absolute Gasteiger partial charge is 0.344 e. The Bertz CT molecular complexity index is 861. The molecule has 1 aromatic heterocycles. The highest BCUT2D eigenvalue weighted by atomic mass is 35.5. The number of benzene rings is 1. The normalized spacial score (nSPS) is 27.2. The van der Waals surface area contributed by atoms with Crippen molar-refractivity contribution in [2.75, 3.05) is 26.7 Å². The molecule has 2 saturated heterocycles. The van der Waals surface area contributed by atoms with Crippen LogP contribution in [0.4, 0.5) is 0 Å². The molecule has 2 aliphatic heterocycles. The Morgan fingerprint density at radius 1 is 1.25 bits per heavy atom. The zero-order valence-corrected chi connectivity index (χ0v) is 17.4. The van der Waals surface area contributed by atoms with Gasteiger partial charge in [0.05, 0.1) is 31.2 Å². The number of quaternary nitrogens is 1. The van der Waals surface area contributed by atoms with Crippen molar-refractivity contribution in [2.24, 2.45) is 5.92 Å². The summed E-state index contributed by atoms with van der Waals surface area (Å²) in [6.45, 7) is 4.69. The maximum Gasteiger partial charge on any atom is 0.344 e. The Hall–Kier alpha value is -1.85. The van der Waals surface area contributed by atoms with Gasteiger partial charge in [-0.3, -0.25) is 0 Å². The molecule has 5 nitrogen and oxygen atoms in total. The number of carbonyl (C=O) groups is 1. The SMILES string of the molecule is Cc1onc(-c2ccccc2Cl)c1C(=O)OCC1CCC[N+]2(C)CCCCC12. The van der Waals surface area contributed by atoms with E-state index in [9.17, 15) is 4.79 Å². The van der Waals surface area contributed by atoms with Crippen LogP contribution < -0.4 is 0 Å². The molecular formula is C22H28ClN2O3+. The predicted molar refractivity (Wildman–Crippen MR) is 108 cm³/mol. The van der Waals surface area contributed by atoms with Gasteiger partial charge in [-0.05, 0) is 38.7 Å². The number of halogens is 1. The van der Waals surface area contributed by atoms with Crippen molar-refractivity contribution >= 4 is 17.6 Å². The quantitative estimate of drug-likeness (QED) is 0.539.